The third-order valence-corrected chi connectivity index (χ3v) is 2.79. The highest BCUT2D eigenvalue weighted by Gasteiger charge is 2.08. The van der Waals surface area contributed by atoms with Crippen LogP contribution in [-0.4, -0.2) is 22.4 Å². The number of nitrogens with two attached hydrogens (primary N) is 2. The van der Waals surface area contributed by atoms with E-state index in [1.165, 1.54) is 0 Å². The number of rotatable bonds is 8. The fourth-order valence-electron chi connectivity index (χ4n) is 1.66. The van der Waals surface area contributed by atoms with E-state index in [1.807, 2.05) is 13.8 Å². The van der Waals surface area contributed by atoms with Crippen molar-refractivity contribution in [2.24, 2.45) is 11.6 Å². The molecule has 0 aromatic carbocycles. The number of amides is 1. The number of unbranched alkanes of at least 4 members (excludes halogenated alkanes) is 1. The second-order valence-corrected chi connectivity index (χ2v) is 4.31. The van der Waals surface area contributed by atoms with Crippen LogP contribution in [0.15, 0.2) is 0 Å². The van der Waals surface area contributed by atoms with Crippen molar-refractivity contribution in [3.05, 3.63) is 11.4 Å². The first-order valence-electron chi connectivity index (χ1n) is 6.44. The van der Waals surface area contributed by atoms with E-state index in [2.05, 4.69) is 20.7 Å². The lowest BCUT2D eigenvalue weighted by atomic mass is 10.2. The van der Waals surface area contributed by atoms with Crippen molar-refractivity contribution in [2.75, 3.05) is 17.3 Å². The summed E-state index contributed by atoms with van der Waals surface area (Å²) in [7, 11) is 0. The molecule has 1 heterocycles. The lowest BCUT2D eigenvalue weighted by molar-refractivity contribution is -0.118. The zero-order valence-corrected chi connectivity index (χ0v) is 11.5. The van der Waals surface area contributed by atoms with Gasteiger partial charge in [-0.3, -0.25) is 4.79 Å². The lowest BCUT2D eigenvalue weighted by Crippen LogP contribution is -2.15. The summed E-state index contributed by atoms with van der Waals surface area (Å²) in [6, 6.07) is 0. The molecule has 1 aromatic heterocycles. The van der Waals surface area contributed by atoms with Crippen LogP contribution in [0.25, 0.3) is 0 Å². The monoisotopic (exact) mass is 266 g/mol. The van der Waals surface area contributed by atoms with Gasteiger partial charge in [0.15, 0.2) is 0 Å². The number of carbonyl (C=O) groups is 1. The van der Waals surface area contributed by atoms with E-state index in [1.54, 1.807) is 0 Å². The predicted molar refractivity (Wildman–Crippen MR) is 75.5 cm³/mol. The van der Waals surface area contributed by atoms with Crippen LogP contribution in [-0.2, 0) is 11.2 Å². The van der Waals surface area contributed by atoms with Gasteiger partial charge in [0.05, 0.1) is 0 Å². The molecule has 0 bridgehead atoms. The summed E-state index contributed by atoms with van der Waals surface area (Å²) in [5, 5.41) is 3.24. The summed E-state index contributed by atoms with van der Waals surface area (Å²) >= 11 is 0. The van der Waals surface area contributed by atoms with Gasteiger partial charge in [-0.25, -0.2) is 15.8 Å². The second-order valence-electron chi connectivity index (χ2n) is 4.31. The molecule has 0 atom stereocenters. The van der Waals surface area contributed by atoms with E-state index in [-0.39, 0.29) is 5.91 Å². The van der Waals surface area contributed by atoms with Crippen LogP contribution < -0.4 is 22.3 Å². The van der Waals surface area contributed by atoms with Gasteiger partial charge in [0.1, 0.15) is 17.5 Å². The largest absolute Gasteiger partial charge is 0.370 e. The van der Waals surface area contributed by atoms with Gasteiger partial charge in [0.2, 0.25) is 5.91 Å². The molecule has 0 unspecified atom stereocenters. The summed E-state index contributed by atoms with van der Waals surface area (Å²) < 4.78 is 0. The number of nitrogens with one attached hydrogen (secondary N) is 2. The molecule has 0 aliphatic heterocycles. The van der Waals surface area contributed by atoms with Gasteiger partial charge < -0.3 is 16.5 Å². The minimum absolute atomic E-state index is 0.263. The Kier molecular flexibility index (Phi) is 6.01. The van der Waals surface area contributed by atoms with Crippen molar-refractivity contribution >= 4 is 17.5 Å². The van der Waals surface area contributed by atoms with Crippen molar-refractivity contribution in [1.29, 1.82) is 0 Å². The minimum atomic E-state index is -0.263. The van der Waals surface area contributed by atoms with Gasteiger partial charge in [-0.1, -0.05) is 6.92 Å². The number of nitrogen functional groups attached to an aromatic ring is 1. The number of primary amides is 1. The van der Waals surface area contributed by atoms with Crippen molar-refractivity contribution in [3.63, 3.8) is 0 Å². The third kappa shape index (κ3) is 4.70. The normalized spacial score (nSPS) is 10.3. The topological polar surface area (TPSA) is 119 Å². The van der Waals surface area contributed by atoms with Gasteiger partial charge in [-0.2, -0.15) is 0 Å². The molecular formula is C12H22N6O. The first kappa shape index (κ1) is 15.2. The first-order chi connectivity index (χ1) is 9.08. The number of carbonyl (C=O) groups excluding carboxylic acids is 1. The molecule has 0 aliphatic rings. The third-order valence-electron chi connectivity index (χ3n) is 2.79. The van der Waals surface area contributed by atoms with E-state index in [9.17, 15) is 4.79 Å². The van der Waals surface area contributed by atoms with Gasteiger partial charge >= 0.3 is 0 Å². The van der Waals surface area contributed by atoms with Gasteiger partial charge in [-0.05, 0) is 19.8 Å². The Morgan fingerprint density at radius 1 is 1.26 bits per heavy atom. The molecule has 0 radical (unpaired) electrons. The molecule has 1 aromatic rings. The fraction of sp³-hybridized carbons (Fsp3) is 0.583. The highest BCUT2D eigenvalue weighted by Crippen LogP contribution is 2.19. The first-order valence-corrected chi connectivity index (χ1v) is 6.44. The molecule has 0 aliphatic carbocycles. The number of anilines is 2. The van der Waals surface area contributed by atoms with Crippen molar-refractivity contribution in [2.45, 2.75) is 39.5 Å². The lowest BCUT2D eigenvalue weighted by Gasteiger charge is -2.13. The van der Waals surface area contributed by atoms with Crippen molar-refractivity contribution in [1.82, 2.24) is 9.97 Å². The number of nitrogens with zero attached hydrogens (tertiary/aromatic N) is 2. The molecule has 19 heavy (non-hydrogen) atoms. The molecule has 1 rings (SSSR count). The molecular weight excluding hydrogens is 244 g/mol. The summed E-state index contributed by atoms with van der Waals surface area (Å²) in [6.07, 6.45) is 2.79. The predicted octanol–water partition coefficient (Wildman–Crippen LogP) is 0.701. The summed E-state index contributed by atoms with van der Waals surface area (Å²) in [6.45, 7) is 4.63. The Bertz CT molecular complexity index is 434. The van der Waals surface area contributed by atoms with Crippen LogP contribution in [0.2, 0.25) is 0 Å². The number of aromatic nitrogens is 2. The summed E-state index contributed by atoms with van der Waals surface area (Å²) in [4.78, 5) is 19.3. The van der Waals surface area contributed by atoms with Crippen molar-refractivity contribution in [3.8, 4) is 0 Å². The van der Waals surface area contributed by atoms with E-state index >= 15 is 0 Å². The number of aryl methyl sites for hydroxylation is 1. The number of hydrogen-bond acceptors (Lipinski definition) is 6. The Morgan fingerprint density at radius 3 is 2.53 bits per heavy atom. The molecule has 0 fully saturated rings. The quantitative estimate of drug-likeness (QED) is 0.312. The fourth-order valence-corrected chi connectivity index (χ4v) is 1.66. The number of hydrogen-bond donors (Lipinski definition) is 4. The highest BCUT2D eigenvalue weighted by molar-refractivity contribution is 5.73. The number of hydrazine groups is 1. The zero-order valence-electron chi connectivity index (χ0n) is 11.5. The molecule has 106 valence electrons. The molecule has 7 nitrogen and oxygen atoms in total. The Hall–Kier alpha value is -1.89. The van der Waals surface area contributed by atoms with Crippen LogP contribution in [0.1, 0.15) is 37.6 Å². The van der Waals surface area contributed by atoms with Crippen molar-refractivity contribution < 1.29 is 4.79 Å². The maximum atomic E-state index is 10.6. The van der Waals surface area contributed by atoms with Gasteiger partial charge in [0, 0.05) is 24.9 Å². The molecule has 0 saturated heterocycles. The molecule has 0 saturated carbocycles. The van der Waals surface area contributed by atoms with Crippen LogP contribution in [0, 0.1) is 6.92 Å². The summed E-state index contributed by atoms with van der Waals surface area (Å²) in [5.41, 5.74) is 8.54. The van der Waals surface area contributed by atoms with E-state index in [0.29, 0.717) is 12.2 Å². The minimum Gasteiger partial charge on any atom is -0.370 e. The van der Waals surface area contributed by atoms with Crippen LogP contribution in [0.3, 0.4) is 0 Å². The molecule has 0 spiro atoms. The van der Waals surface area contributed by atoms with Crippen LogP contribution in [0.4, 0.5) is 11.6 Å². The van der Waals surface area contributed by atoms with E-state index < -0.39 is 0 Å². The van der Waals surface area contributed by atoms with Gasteiger partial charge in [0.25, 0.3) is 0 Å². The SMILES string of the molecule is CCc1nc(NN)c(C)c(NCCCCC(N)=O)n1. The van der Waals surface area contributed by atoms with Crippen LogP contribution in [0.5, 0.6) is 0 Å². The van der Waals surface area contributed by atoms with E-state index in [4.69, 9.17) is 11.6 Å². The second kappa shape index (κ2) is 7.52. The Balaban J connectivity index is 2.59. The molecule has 1 amide bonds. The standard InChI is InChI=1S/C12H22N6O/c1-3-10-16-11(8(2)12(17-10)18-14)15-7-5-4-6-9(13)19/h3-7,14H2,1-2H3,(H2,13,19)(H2,15,16,17,18). The van der Waals surface area contributed by atoms with Crippen LogP contribution >= 0.6 is 0 Å². The Labute approximate surface area is 113 Å². The Morgan fingerprint density at radius 2 is 1.95 bits per heavy atom. The summed E-state index contributed by atoms with van der Waals surface area (Å²) in [5.74, 6) is 7.31. The molecule has 7 heteroatoms. The molecule has 6 N–H and O–H groups in total. The average molecular weight is 266 g/mol. The maximum absolute atomic E-state index is 10.6. The smallest absolute Gasteiger partial charge is 0.217 e. The zero-order chi connectivity index (χ0) is 14.3. The van der Waals surface area contributed by atoms with E-state index in [0.717, 1.165) is 43.0 Å². The van der Waals surface area contributed by atoms with Gasteiger partial charge in [-0.15, -0.1) is 0 Å². The maximum Gasteiger partial charge on any atom is 0.217 e. The average Bonchev–Trinajstić information content (AvgIpc) is 2.39. The highest BCUT2D eigenvalue weighted by atomic mass is 16.1.